The fourth-order valence-electron chi connectivity index (χ4n) is 0.776. The molecule has 1 saturated heterocycles. The quantitative estimate of drug-likeness (QED) is 0.377. The third-order valence-electron chi connectivity index (χ3n) is 1.22. The number of aliphatic imine (C=N–C) groups is 1. The van der Waals surface area contributed by atoms with Gasteiger partial charge in [-0.15, -0.1) is 0 Å². The summed E-state index contributed by atoms with van der Waals surface area (Å²) in [7, 11) is 0. The molecule has 2 rings (SSSR count). The third kappa shape index (κ3) is 0.413. The van der Waals surface area contributed by atoms with Crippen molar-refractivity contribution in [1.29, 1.82) is 0 Å². The molecule has 3 heteroatoms. The summed E-state index contributed by atoms with van der Waals surface area (Å²) >= 11 is 0. The molecule has 3 nitrogen and oxygen atoms in total. The van der Waals surface area contributed by atoms with Gasteiger partial charge >= 0.3 is 0 Å². The van der Waals surface area contributed by atoms with E-state index in [2.05, 4.69) is 15.6 Å². The van der Waals surface area contributed by atoms with Crippen LogP contribution >= 0.6 is 0 Å². The van der Waals surface area contributed by atoms with E-state index in [9.17, 15) is 0 Å². The Bertz CT molecular complexity index is 118. The van der Waals surface area contributed by atoms with E-state index in [1.54, 1.807) is 0 Å². The summed E-state index contributed by atoms with van der Waals surface area (Å²) in [5.74, 6) is 1.14. The molecular weight excluding hydrogens is 90.1 g/mol. The molecule has 0 bridgehead atoms. The Morgan fingerprint density at radius 1 is 1.71 bits per heavy atom. The van der Waals surface area contributed by atoms with Crippen LogP contribution in [0.25, 0.3) is 0 Å². The summed E-state index contributed by atoms with van der Waals surface area (Å²) < 4.78 is 0. The predicted molar refractivity (Wildman–Crippen MR) is 27.2 cm³/mol. The van der Waals surface area contributed by atoms with Crippen molar-refractivity contribution < 1.29 is 0 Å². The second-order valence-corrected chi connectivity index (χ2v) is 1.80. The zero-order chi connectivity index (χ0) is 4.69. The molecule has 7 heavy (non-hydrogen) atoms. The third-order valence-corrected chi connectivity index (χ3v) is 1.22. The van der Waals surface area contributed by atoms with E-state index in [1.807, 2.05) is 0 Å². The van der Waals surface area contributed by atoms with Crippen LogP contribution in [0.5, 0.6) is 0 Å². The zero-order valence-electron chi connectivity index (χ0n) is 3.94. The van der Waals surface area contributed by atoms with Crippen LogP contribution in [-0.2, 0) is 0 Å². The van der Waals surface area contributed by atoms with E-state index in [1.165, 1.54) is 0 Å². The van der Waals surface area contributed by atoms with Gasteiger partial charge in [-0.05, 0) is 0 Å². The van der Waals surface area contributed by atoms with Crippen LogP contribution in [0, 0.1) is 0 Å². The molecule has 2 heterocycles. The van der Waals surface area contributed by atoms with Crippen molar-refractivity contribution in [3.8, 4) is 0 Å². The van der Waals surface area contributed by atoms with Crippen LogP contribution in [0.1, 0.15) is 0 Å². The lowest BCUT2D eigenvalue weighted by molar-refractivity contribution is 0.680. The van der Waals surface area contributed by atoms with Gasteiger partial charge in [-0.3, -0.25) is 10.3 Å². The number of hydrogen-bond acceptors (Lipinski definition) is 3. The number of hydrogen-bond donors (Lipinski definition) is 2. The Hall–Kier alpha value is -0.570. The van der Waals surface area contributed by atoms with Crippen LogP contribution in [0.3, 0.4) is 0 Å². The molecule has 1 unspecified atom stereocenters. The largest absolute Gasteiger partial charge is 0.349 e. The van der Waals surface area contributed by atoms with Gasteiger partial charge in [0.1, 0.15) is 12.0 Å². The maximum Gasteiger partial charge on any atom is 0.137 e. The van der Waals surface area contributed by atoms with E-state index < -0.39 is 0 Å². The maximum absolute atomic E-state index is 4.15. The van der Waals surface area contributed by atoms with Gasteiger partial charge in [0, 0.05) is 6.54 Å². The zero-order valence-corrected chi connectivity index (χ0v) is 3.94. The molecule has 0 radical (unpaired) electrons. The van der Waals surface area contributed by atoms with Gasteiger partial charge in [0.15, 0.2) is 0 Å². The lowest BCUT2D eigenvalue weighted by atomic mass is 10.5. The minimum absolute atomic E-state index is 0.453. The minimum atomic E-state index is 0.453. The number of nitrogens with zero attached hydrogens (tertiary/aromatic N) is 1. The first-order valence-corrected chi connectivity index (χ1v) is 2.51. The van der Waals surface area contributed by atoms with Crippen LogP contribution in [-0.4, -0.2) is 25.1 Å². The van der Waals surface area contributed by atoms with Crippen molar-refractivity contribution in [3.63, 3.8) is 0 Å². The molecule has 38 valence electrons. The summed E-state index contributed by atoms with van der Waals surface area (Å²) in [6, 6.07) is 0. The van der Waals surface area contributed by atoms with Crippen molar-refractivity contribution in [1.82, 2.24) is 10.6 Å². The van der Waals surface area contributed by atoms with Gasteiger partial charge < -0.3 is 5.32 Å². The van der Waals surface area contributed by atoms with Crippen LogP contribution in [0.2, 0.25) is 0 Å². The van der Waals surface area contributed by atoms with Gasteiger partial charge in [0.05, 0.1) is 6.54 Å². The molecule has 2 aliphatic heterocycles. The van der Waals surface area contributed by atoms with E-state index >= 15 is 0 Å². The summed E-state index contributed by atoms with van der Waals surface area (Å²) in [6.45, 7) is 1.97. The monoisotopic (exact) mass is 97.1 g/mol. The number of nitrogens with one attached hydrogen (secondary N) is 2. The molecule has 2 N–H and O–H groups in total. The molecule has 1 fully saturated rings. The molecule has 2 aliphatic rings. The van der Waals surface area contributed by atoms with Gasteiger partial charge in [-0.1, -0.05) is 0 Å². The Morgan fingerprint density at radius 3 is 3.29 bits per heavy atom. The van der Waals surface area contributed by atoms with Gasteiger partial charge in [0.25, 0.3) is 0 Å². The molecule has 0 saturated carbocycles. The summed E-state index contributed by atoms with van der Waals surface area (Å²) in [5.41, 5.74) is 0. The number of fused-ring (bicyclic) bond motifs is 1. The average molecular weight is 97.1 g/mol. The fraction of sp³-hybridized carbons (Fsp3) is 0.750. The Balaban J connectivity index is 2.19. The lowest BCUT2D eigenvalue weighted by Crippen LogP contribution is -2.26. The number of amidine groups is 1. The standard InChI is InChI=1S/C4H7N3/c1-2-6-4-3(5-1)7-4/h3,5H,1-2H2,(H,6,7). The highest BCUT2D eigenvalue weighted by Gasteiger charge is 2.31. The number of rotatable bonds is 0. The Kier molecular flexibility index (Phi) is 0.481. The van der Waals surface area contributed by atoms with Gasteiger partial charge in [-0.25, -0.2) is 0 Å². The van der Waals surface area contributed by atoms with E-state index in [4.69, 9.17) is 0 Å². The molecule has 0 aromatic heterocycles. The van der Waals surface area contributed by atoms with E-state index in [-0.39, 0.29) is 0 Å². The molecule has 1 atom stereocenters. The van der Waals surface area contributed by atoms with Crippen molar-refractivity contribution in [2.24, 2.45) is 4.99 Å². The highest BCUT2D eigenvalue weighted by atomic mass is 15.3. The second-order valence-electron chi connectivity index (χ2n) is 1.80. The molecular formula is C4H7N3. The van der Waals surface area contributed by atoms with Crippen LogP contribution in [0.15, 0.2) is 4.99 Å². The molecule has 0 spiro atoms. The molecule has 0 aliphatic carbocycles. The van der Waals surface area contributed by atoms with Gasteiger partial charge in [0.2, 0.25) is 0 Å². The van der Waals surface area contributed by atoms with Crippen molar-refractivity contribution in [3.05, 3.63) is 0 Å². The minimum Gasteiger partial charge on any atom is -0.349 e. The summed E-state index contributed by atoms with van der Waals surface area (Å²) in [5, 5.41) is 6.28. The first-order valence-electron chi connectivity index (χ1n) is 2.51. The first kappa shape index (κ1) is 3.43. The first-order chi connectivity index (χ1) is 3.47. The highest BCUT2D eigenvalue weighted by molar-refractivity contribution is 6.01. The van der Waals surface area contributed by atoms with Crippen molar-refractivity contribution >= 4 is 5.84 Å². The Labute approximate surface area is 41.8 Å². The SMILES string of the molecule is C1CNC2NC2=N1. The maximum atomic E-state index is 4.15. The smallest absolute Gasteiger partial charge is 0.137 e. The molecule has 0 amide bonds. The normalized spacial score (nSPS) is 35.4. The fourth-order valence-corrected chi connectivity index (χ4v) is 0.776. The second kappa shape index (κ2) is 0.980. The Morgan fingerprint density at radius 2 is 2.71 bits per heavy atom. The van der Waals surface area contributed by atoms with Gasteiger partial charge in [-0.2, -0.15) is 0 Å². The predicted octanol–water partition coefficient (Wildman–Crippen LogP) is -1.08. The van der Waals surface area contributed by atoms with E-state index in [0.29, 0.717) is 6.17 Å². The average Bonchev–Trinajstić information content (AvgIpc) is 2.41. The van der Waals surface area contributed by atoms with Crippen LogP contribution in [0.4, 0.5) is 0 Å². The topological polar surface area (TPSA) is 46.3 Å². The van der Waals surface area contributed by atoms with Crippen LogP contribution < -0.4 is 10.6 Å². The van der Waals surface area contributed by atoms with E-state index in [0.717, 1.165) is 18.9 Å². The summed E-state index contributed by atoms with van der Waals surface area (Å²) in [6.07, 6.45) is 0.453. The molecule has 0 aromatic rings. The lowest BCUT2D eigenvalue weighted by Gasteiger charge is -1.97. The van der Waals surface area contributed by atoms with Crippen molar-refractivity contribution in [2.45, 2.75) is 6.17 Å². The van der Waals surface area contributed by atoms with Crippen molar-refractivity contribution in [2.75, 3.05) is 13.1 Å². The summed E-state index contributed by atoms with van der Waals surface area (Å²) in [4.78, 5) is 4.15. The highest BCUT2D eigenvalue weighted by Crippen LogP contribution is 2.01. The molecule has 0 aromatic carbocycles.